The predicted octanol–water partition coefficient (Wildman–Crippen LogP) is 18.3. The predicted molar refractivity (Wildman–Crippen MR) is 294 cm³/mol. The molecule has 3 heterocycles. The Hall–Kier alpha value is -8.83. The molecule has 0 amide bonds. The van der Waals surface area contributed by atoms with Gasteiger partial charge in [-0.25, -0.2) is 4.98 Å². The van der Waals surface area contributed by atoms with Gasteiger partial charge in [-0.15, -0.1) is 11.3 Å². The zero-order chi connectivity index (χ0) is 45.7. The van der Waals surface area contributed by atoms with Crippen molar-refractivity contribution in [2.24, 2.45) is 0 Å². The fourth-order valence-corrected chi connectivity index (χ4v) is 11.1. The van der Waals surface area contributed by atoms with Gasteiger partial charge in [0.2, 0.25) is 0 Å². The first-order valence-corrected chi connectivity index (χ1v) is 24.2. The lowest BCUT2D eigenvalue weighted by molar-refractivity contribution is 1.08. The third-order valence-electron chi connectivity index (χ3n) is 13.4. The average Bonchev–Trinajstić information content (AvgIpc) is 3.96. The second-order valence-electron chi connectivity index (χ2n) is 17.6. The van der Waals surface area contributed by atoms with Crippen LogP contribution in [0.3, 0.4) is 0 Å². The van der Waals surface area contributed by atoms with Crippen LogP contribution in [0.5, 0.6) is 0 Å². The lowest BCUT2D eigenvalue weighted by Crippen LogP contribution is -1.98. The summed E-state index contributed by atoms with van der Waals surface area (Å²) in [6, 6.07) is 91.8. The lowest BCUT2D eigenvalue weighted by atomic mass is 9.96. The molecule has 3 aromatic heterocycles. The summed E-state index contributed by atoms with van der Waals surface area (Å²) in [6.45, 7) is 0. The minimum atomic E-state index is 0.876. The number of nitrogens with one attached hydrogen (secondary N) is 1. The van der Waals surface area contributed by atoms with Gasteiger partial charge in [-0.1, -0.05) is 170 Å². The number of aromatic nitrogens is 2. The molecular formula is C65H43N3S. The minimum Gasteiger partial charge on any atom is -0.355 e. The topological polar surface area (TPSA) is 29.9 Å². The van der Waals surface area contributed by atoms with E-state index < -0.39 is 0 Å². The van der Waals surface area contributed by atoms with Gasteiger partial charge in [0.05, 0.1) is 16.7 Å². The Morgan fingerprint density at radius 1 is 0.319 bits per heavy atom. The molecule has 69 heavy (non-hydrogen) atoms. The summed E-state index contributed by atoms with van der Waals surface area (Å²) >= 11 is 1.86. The number of pyridine rings is 1. The highest BCUT2D eigenvalue weighted by Crippen LogP contribution is 2.41. The van der Waals surface area contributed by atoms with Crippen molar-refractivity contribution in [2.75, 3.05) is 5.32 Å². The number of fused-ring (bicyclic) bond motifs is 6. The Labute approximate surface area is 404 Å². The molecule has 0 radical (unpaired) electrons. The molecule has 0 unspecified atom stereocenters. The molecule has 0 saturated heterocycles. The molecule has 0 fully saturated rings. The molecular weight excluding hydrogens is 855 g/mol. The number of hydrogen-bond acceptors (Lipinski definition) is 3. The van der Waals surface area contributed by atoms with E-state index in [1.165, 1.54) is 58.8 Å². The van der Waals surface area contributed by atoms with Crippen molar-refractivity contribution in [3.8, 4) is 72.7 Å². The van der Waals surface area contributed by atoms with E-state index in [0.717, 1.165) is 67.3 Å². The maximum atomic E-state index is 5.43. The Morgan fingerprint density at radius 3 is 1.57 bits per heavy atom. The zero-order valence-electron chi connectivity index (χ0n) is 37.6. The monoisotopic (exact) mass is 897 g/mol. The zero-order valence-corrected chi connectivity index (χ0v) is 38.4. The van der Waals surface area contributed by atoms with Crippen molar-refractivity contribution in [2.45, 2.75) is 0 Å². The van der Waals surface area contributed by atoms with Crippen LogP contribution >= 0.6 is 11.3 Å². The summed E-state index contributed by atoms with van der Waals surface area (Å²) in [5, 5.41) is 8.61. The molecule has 13 aromatic rings. The van der Waals surface area contributed by atoms with Gasteiger partial charge < -0.3 is 5.32 Å². The normalized spacial score (nSPS) is 11.5. The molecule has 0 atom stereocenters. The third-order valence-corrected chi connectivity index (χ3v) is 14.6. The summed E-state index contributed by atoms with van der Waals surface area (Å²) in [5.74, 6) is 0.876. The number of hydrogen-bond donors (Lipinski definition) is 1. The van der Waals surface area contributed by atoms with Crippen LogP contribution in [0.4, 0.5) is 11.4 Å². The molecule has 13 rings (SSSR count). The van der Waals surface area contributed by atoms with E-state index in [1.54, 1.807) is 0 Å². The second kappa shape index (κ2) is 17.1. The first-order chi connectivity index (χ1) is 34.2. The number of rotatable bonds is 9. The second-order valence-corrected chi connectivity index (χ2v) is 18.7. The van der Waals surface area contributed by atoms with Crippen molar-refractivity contribution in [1.29, 1.82) is 0 Å². The largest absolute Gasteiger partial charge is 0.355 e. The van der Waals surface area contributed by atoms with E-state index in [2.05, 4.69) is 259 Å². The standard InChI is InChI=1S/C65H43N3S/c1-3-14-43(15-4-1)44-28-30-45(31-29-44)46-16-12-19-52(39-46)59-25-13-27-65(67-59)68-61-35-32-48(47-17-11-18-51(38-47)54-22-7-9-24-60(54)66-53-20-5-2-6-21-53)40-56(61)57-41-49(33-36-62(57)68)50-34-37-64-58(42-50)55-23-8-10-26-63(55)69-64/h1-42,66H. The smallest absolute Gasteiger partial charge is 0.138 e. The maximum absolute atomic E-state index is 5.43. The first kappa shape index (κ1) is 40.4. The Balaban J connectivity index is 0.924. The van der Waals surface area contributed by atoms with Crippen LogP contribution in [0.25, 0.3) is 115 Å². The number of benzene rings is 10. The third kappa shape index (κ3) is 7.54. The molecule has 4 heteroatoms. The Kier molecular flexibility index (Phi) is 10.0. The quantitative estimate of drug-likeness (QED) is 0.156. The maximum Gasteiger partial charge on any atom is 0.138 e. The summed E-state index contributed by atoms with van der Waals surface area (Å²) < 4.78 is 4.96. The first-order valence-electron chi connectivity index (χ1n) is 23.4. The molecule has 0 saturated carbocycles. The van der Waals surface area contributed by atoms with Crippen molar-refractivity contribution in [3.63, 3.8) is 0 Å². The van der Waals surface area contributed by atoms with Gasteiger partial charge in [0.15, 0.2) is 0 Å². The average molecular weight is 898 g/mol. The van der Waals surface area contributed by atoms with Gasteiger partial charge in [-0.05, 0) is 135 Å². The SMILES string of the molecule is c1ccc(Nc2ccccc2-c2cccc(-c3ccc4c(c3)c3cc(-c5ccc6sc7ccccc7c6c5)ccc3n4-c3cccc(-c4cccc(-c5ccc(-c6ccccc6)cc5)c4)n3)c2)cc1. The van der Waals surface area contributed by atoms with Crippen LogP contribution in [0, 0.1) is 0 Å². The van der Waals surface area contributed by atoms with E-state index in [1.807, 2.05) is 17.4 Å². The van der Waals surface area contributed by atoms with Crippen molar-refractivity contribution in [1.82, 2.24) is 9.55 Å². The van der Waals surface area contributed by atoms with Crippen LogP contribution in [0.15, 0.2) is 255 Å². The van der Waals surface area contributed by atoms with Gasteiger partial charge in [0.25, 0.3) is 0 Å². The van der Waals surface area contributed by atoms with Crippen molar-refractivity contribution < 1.29 is 0 Å². The van der Waals surface area contributed by atoms with Crippen molar-refractivity contribution >= 4 is 64.7 Å². The molecule has 0 aliphatic heterocycles. The number of nitrogens with zero attached hydrogens (tertiary/aromatic N) is 2. The highest BCUT2D eigenvalue weighted by atomic mass is 32.1. The molecule has 0 aliphatic rings. The van der Waals surface area contributed by atoms with Gasteiger partial charge >= 0.3 is 0 Å². The summed E-state index contributed by atoms with van der Waals surface area (Å²) in [7, 11) is 0. The van der Waals surface area contributed by atoms with E-state index >= 15 is 0 Å². The number of anilines is 2. The minimum absolute atomic E-state index is 0.876. The molecule has 10 aromatic carbocycles. The summed E-state index contributed by atoms with van der Waals surface area (Å²) in [4.78, 5) is 5.43. The van der Waals surface area contributed by atoms with Crippen LogP contribution < -0.4 is 5.32 Å². The molecule has 0 spiro atoms. The highest BCUT2D eigenvalue weighted by molar-refractivity contribution is 7.25. The molecule has 324 valence electrons. The van der Waals surface area contributed by atoms with Gasteiger partial charge in [0, 0.05) is 53.4 Å². The fraction of sp³-hybridized carbons (Fsp3) is 0. The lowest BCUT2D eigenvalue weighted by Gasteiger charge is -2.13. The Bertz CT molecular complexity index is 4030. The van der Waals surface area contributed by atoms with Gasteiger partial charge in [0.1, 0.15) is 5.82 Å². The van der Waals surface area contributed by atoms with Crippen LogP contribution in [-0.4, -0.2) is 9.55 Å². The van der Waals surface area contributed by atoms with Gasteiger partial charge in [-0.3, -0.25) is 4.57 Å². The molecule has 3 nitrogen and oxygen atoms in total. The highest BCUT2D eigenvalue weighted by Gasteiger charge is 2.18. The van der Waals surface area contributed by atoms with Gasteiger partial charge in [-0.2, -0.15) is 0 Å². The van der Waals surface area contributed by atoms with E-state index in [0.29, 0.717) is 0 Å². The summed E-state index contributed by atoms with van der Waals surface area (Å²) in [5.41, 5.74) is 18.1. The van der Waals surface area contributed by atoms with E-state index in [9.17, 15) is 0 Å². The summed E-state index contributed by atoms with van der Waals surface area (Å²) in [6.07, 6.45) is 0. The molecule has 0 aliphatic carbocycles. The number of thiophene rings is 1. The van der Waals surface area contributed by atoms with Crippen LogP contribution in [0.1, 0.15) is 0 Å². The van der Waals surface area contributed by atoms with E-state index in [4.69, 9.17) is 4.98 Å². The Morgan fingerprint density at radius 2 is 0.812 bits per heavy atom. The van der Waals surface area contributed by atoms with Crippen LogP contribution in [-0.2, 0) is 0 Å². The number of para-hydroxylation sites is 2. The van der Waals surface area contributed by atoms with Crippen molar-refractivity contribution in [3.05, 3.63) is 255 Å². The van der Waals surface area contributed by atoms with Crippen LogP contribution in [0.2, 0.25) is 0 Å². The molecule has 0 bridgehead atoms. The molecule has 1 N–H and O–H groups in total. The fourth-order valence-electron chi connectivity index (χ4n) is 9.97. The van der Waals surface area contributed by atoms with E-state index in [-0.39, 0.29) is 0 Å².